The Morgan fingerprint density at radius 3 is 1.86 bits per heavy atom. The molecule has 0 aromatic heterocycles. The van der Waals surface area contributed by atoms with Crippen LogP contribution in [0.4, 0.5) is 26.3 Å². The van der Waals surface area contributed by atoms with Crippen LogP contribution in [0.1, 0.15) is 137 Å². The number of allylic oxidation sites excluding steroid dienone is 2. The molecule has 2 fully saturated rings. The molecular formula is C36H44F6. The van der Waals surface area contributed by atoms with Gasteiger partial charge in [0.05, 0.1) is 0 Å². The van der Waals surface area contributed by atoms with Crippen LogP contribution >= 0.6 is 0 Å². The number of benzene rings is 2. The second-order valence-electron chi connectivity index (χ2n) is 13.2. The summed E-state index contributed by atoms with van der Waals surface area (Å²) in [6, 6.07) is 7.19. The maximum absolute atomic E-state index is 15.3. The Bertz CT molecular complexity index is 1200. The summed E-state index contributed by atoms with van der Waals surface area (Å²) < 4.78 is 82.3. The zero-order valence-electron chi connectivity index (χ0n) is 24.7. The van der Waals surface area contributed by atoms with Crippen LogP contribution in [0.15, 0.2) is 36.4 Å². The molecule has 0 N–H and O–H groups in total. The Balaban J connectivity index is 1.14. The van der Waals surface area contributed by atoms with Crippen molar-refractivity contribution >= 4 is 5.57 Å². The lowest BCUT2D eigenvalue weighted by Crippen LogP contribution is -2.25. The van der Waals surface area contributed by atoms with Gasteiger partial charge in [0, 0.05) is 5.56 Å². The van der Waals surface area contributed by atoms with E-state index in [1.54, 1.807) is 6.07 Å². The fourth-order valence-electron chi connectivity index (χ4n) is 8.08. The van der Waals surface area contributed by atoms with E-state index in [2.05, 4.69) is 13.0 Å². The van der Waals surface area contributed by atoms with Crippen molar-refractivity contribution in [1.82, 2.24) is 0 Å². The molecular weight excluding hydrogens is 546 g/mol. The molecule has 2 saturated carbocycles. The van der Waals surface area contributed by atoms with E-state index in [-0.39, 0.29) is 17.3 Å². The third-order valence-electron chi connectivity index (χ3n) is 10.6. The Kier molecular flexibility index (Phi) is 10.1. The molecule has 0 nitrogen and oxygen atoms in total. The minimum Gasteiger partial charge on any atom is -0.206 e. The predicted molar refractivity (Wildman–Crippen MR) is 157 cm³/mol. The molecule has 230 valence electrons. The van der Waals surface area contributed by atoms with Crippen LogP contribution in [0, 0.1) is 35.2 Å². The zero-order valence-corrected chi connectivity index (χ0v) is 24.7. The van der Waals surface area contributed by atoms with Crippen LogP contribution < -0.4 is 0 Å². The fourth-order valence-corrected chi connectivity index (χ4v) is 8.08. The third-order valence-corrected chi connectivity index (χ3v) is 10.6. The normalized spacial score (nSPS) is 27.1. The molecule has 2 aromatic carbocycles. The van der Waals surface area contributed by atoms with Gasteiger partial charge in [-0.15, -0.1) is 0 Å². The highest BCUT2D eigenvalue weighted by atomic mass is 19.4. The molecule has 2 aromatic rings. The van der Waals surface area contributed by atoms with E-state index in [0.29, 0.717) is 30.7 Å². The minimum absolute atomic E-state index is 0.208. The number of unbranched alkanes of at least 4 members (excludes halogenated alkanes) is 2. The van der Waals surface area contributed by atoms with Crippen LogP contribution in [0.3, 0.4) is 0 Å². The summed E-state index contributed by atoms with van der Waals surface area (Å²) in [4.78, 5) is 0. The predicted octanol–water partition coefficient (Wildman–Crippen LogP) is 12.1. The summed E-state index contributed by atoms with van der Waals surface area (Å²) in [5, 5.41) is 0. The lowest BCUT2D eigenvalue weighted by molar-refractivity contribution is -0.142. The van der Waals surface area contributed by atoms with Crippen LogP contribution in [0.25, 0.3) is 5.57 Å². The fraction of sp³-hybridized carbons (Fsp3) is 0.611. The first-order valence-electron chi connectivity index (χ1n) is 16.2. The van der Waals surface area contributed by atoms with Gasteiger partial charge in [-0.25, -0.2) is 13.2 Å². The summed E-state index contributed by atoms with van der Waals surface area (Å²) in [5.41, 5.74) is 0.816. The summed E-state index contributed by atoms with van der Waals surface area (Å²) in [5.74, 6) is -0.725. The lowest BCUT2D eigenvalue weighted by Gasteiger charge is -2.38. The summed E-state index contributed by atoms with van der Waals surface area (Å²) in [6.45, 7) is 2.27. The quantitative estimate of drug-likeness (QED) is 0.212. The van der Waals surface area contributed by atoms with E-state index in [9.17, 15) is 22.0 Å². The SMILES string of the molecule is CCCCCC1CCC(C2CCC(c3ccc(C4=CCC(c5cc(F)c(C(F)(F)F)c(F)c5)CC4)c(F)c3)CC2)CC1. The molecule has 0 aliphatic heterocycles. The standard InChI is InChI=1S/C36H44F6/c1-2-3-4-5-23-6-8-24(9-7-23)25-10-12-26(13-11-25)29-18-19-31(32(37)20-29)28-16-14-27(15-17-28)30-21-33(38)35(34(39)22-30)36(40,41)42/h16,18-27H,2-15,17H2,1H3. The first kappa shape index (κ1) is 31.2. The number of hydrogen-bond acceptors (Lipinski definition) is 0. The second kappa shape index (κ2) is 13.6. The molecule has 0 spiro atoms. The van der Waals surface area contributed by atoms with Crippen LogP contribution in [0.5, 0.6) is 0 Å². The van der Waals surface area contributed by atoms with Crippen LogP contribution in [-0.2, 0) is 6.18 Å². The first-order valence-corrected chi connectivity index (χ1v) is 16.2. The summed E-state index contributed by atoms with van der Waals surface area (Å²) >= 11 is 0. The van der Waals surface area contributed by atoms with E-state index in [0.717, 1.165) is 53.9 Å². The van der Waals surface area contributed by atoms with Gasteiger partial charge in [0.1, 0.15) is 23.0 Å². The monoisotopic (exact) mass is 590 g/mol. The highest BCUT2D eigenvalue weighted by Crippen LogP contribution is 2.45. The van der Waals surface area contributed by atoms with E-state index in [4.69, 9.17) is 0 Å². The maximum Gasteiger partial charge on any atom is 0.422 e. The van der Waals surface area contributed by atoms with Gasteiger partial charge in [-0.2, -0.15) is 13.2 Å². The Morgan fingerprint density at radius 2 is 1.31 bits per heavy atom. The third kappa shape index (κ3) is 7.27. The highest BCUT2D eigenvalue weighted by Gasteiger charge is 2.38. The number of halogens is 6. The van der Waals surface area contributed by atoms with Gasteiger partial charge >= 0.3 is 6.18 Å². The van der Waals surface area contributed by atoms with E-state index >= 15 is 4.39 Å². The molecule has 1 unspecified atom stereocenters. The van der Waals surface area contributed by atoms with Gasteiger partial charge in [0.25, 0.3) is 0 Å². The van der Waals surface area contributed by atoms with Gasteiger partial charge in [-0.1, -0.05) is 63.7 Å². The molecule has 3 aliphatic carbocycles. The average Bonchev–Trinajstić information content (AvgIpc) is 2.97. The van der Waals surface area contributed by atoms with Crippen molar-refractivity contribution in [2.75, 3.05) is 0 Å². The second-order valence-corrected chi connectivity index (χ2v) is 13.2. The highest BCUT2D eigenvalue weighted by molar-refractivity contribution is 5.67. The Labute approximate surface area is 247 Å². The van der Waals surface area contributed by atoms with Crippen molar-refractivity contribution in [1.29, 1.82) is 0 Å². The van der Waals surface area contributed by atoms with Crippen molar-refractivity contribution in [2.24, 2.45) is 17.8 Å². The Hall–Kier alpha value is -2.24. The van der Waals surface area contributed by atoms with Crippen molar-refractivity contribution < 1.29 is 26.3 Å². The number of rotatable bonds is 8. The summed E-state index contributed by atoms with van der Waals surface area (Å²) in [6.07, 6.45) is 13.9. The van der Waals surface area contributed by atoms with E-state index < -0.39 is 23.4 Å². The Morgan fingerprint density at radius 1 is 0.690 bits per heavy atom. The first-order chi connectivity index (χ1) is 20.1. The number of hydrogen-bond donors (Lipinski definition) is 0. The van der Waals surface area contributed by atoms with Crippen molar-refractivity contribution in [3.63, 3.8) is 0 Å². The average molecular weight is 591 g/mol. The summed E-state index contributed by atoms with van der Waals surface area (Å²) in [7, 11) is 0. The van der Waals surface area contributed by atoms with Gasteiger partial charge in [0.2, 0.25) is 0 Å². The molecule has 3 aliphatic rings. The maximum atomic E-state index is 15.3. The molecule has 0 heterocycles. The van der Waals surface area contributed by atoms with Gasteiger partial charge in [-0.05, 0) is 122 Å². The topological polar surface area (TPSA) is 0 Å². The largest absolute Gasteiger partial charge is 0.422 e. The molecule has 0 radical (unpaired) electrons. The molecule has 6 heteroatoms. The van der Waals surface area contributed by atoms with Crippen molar-refractivity contribution in [3.05, 3.63) is 76.1 Å². The van der Waals surface area contributed by atoms with Gasteiger partial charge in [0.15, 0.2) is 0 Å². The minimum atomic E-state index is -5.08. The van der Waals surface area contributed by atoms with E-state index in [1.807, 2.05) is 12.1 Å². The van der Waals surface area contributed by atoms with Gasteiger partial charge in [-0.3, -0.25) is 0 Å². The van der Waals surface area contributed by atoms with Crippen LogP contribution in [-0.4, -0.2) is 0 Å². The molecule has 0 amide bonds. The van der Waals surface area contributed by atoms with Crippen molar-refractivity contribution in [3.8, 4) is 0 Å². The molecule has 5 rings (SSSR count). The molecule has 0 saturated heterocycles. The molecule has 0 bridgehead atoms. The molecule has 1 atom stereocenters. The van der Waals surface area contributed by atoms with Crippen LogP contribution in [0.2, 0.25) is 0 Å². The smallest absolute Gasteiger partial charge is 0.206 e. The molecule has 42 heavy (non-hydrogen) atoms. The van der Waals surface area contributed by atoms with Gasteiger partial charge < -0.3 is 0 Å². The number of alkyl halides is 3. The van der Waals surface area contributed by atoms with Crippen molar-refractivity contribution in [2.45, 2.75) is 121 Å². The lowest BCUT2D eigenvalue weighted by atomic mass is 9.68. The zero-order chi connectivity index (χ0) is 29.9. The van der Waals surface area contributed by atoms with E-state index in [1.165, 1.54) is 64.2 Å².